The van der Waals surface area contributed by atoms with Crippen LogP contribution in [0.5, 0.6) is 0 Å². The predicted molar refractivity (Wildman–Crippen MR) is 120 cm³/mol. The minimum atomic E-state index is -0.919. The molecule has 0 aliphatic carbocycles. The Hall–Kier alpha value is -4.06. The summed E-state index contributed by atoms with van der Waals surface area (Å²) in [7, 11) is 0. The van der Waals surface area contributed by atoms with Gasteiger partial charge in [-0.2, -0.15) is 0 Å². The molecule has 0 spiro atoms. The van der Waals surface area contributed by atoms with E-state index in [0.29, 0.717) is 22.8 Å². The highest BCUT2D eigenvalue weighted by molar-refractivity contribution is 6.20. The van der Waals surface area contributed by atoms with E-state index in [0.717, 1.165) is 16.5 Å². The van der Waals surface area contributed by atoms with Gasteiger partial charge in [0.15, 0.2) is 11.5 Å². The molecule has 2 aromatic heterocycles. The molecule has 32 heavy (non-hydrogen) atoms. The number of aliphatic hydroxyl groups is 1. The van der Waals surface area contributed by atoms with Gasteiger partial charge in [0.1, 0.15) is 23.1 Å². The monoisotopic (exact) mass is 427 g/mol. The summed E-state index contributed by atoms with van der Waals surface area (Å²) in [4.78, 5) is 28.3. The molecule has 0 fully saturated rings. The molecule has 0 bridgehead atoms. The molecule has 5 rings (SSSR count). The molecule has 1 aliphatic heterocycles. The molecule has 0 saturated heterocycles. The summed E-state index contributed by atoms with van der Waals surface area (Å²) in [6.07, 6.45) is 0. The molecule has 1 amide bonds. The van der Waals surface area contributed by atoms with Crippen molar-refractivity contribution in [2.75, 3.05) is 4.90 Å². The lowest BCUT2D eigenvalue weighted by Gasteiger charge is -2.27. The Morgan fingerprint density at radius 2 is 1.75 bits per heavy atom. The van der Waals surface area contributed by atoms with Gasteiger partial charge in [-0.05, 0) is 62.2 Å². The topological polar surface area (TPSA) is 83.9 Å². The van der Waals surface area contributed by atoms with Gasteiger partial charge in [-0.15, -0.1) is 0 Å². The molecule has 2 aromatic carbocycles. The van der Waals surface area contributed by atoms with Crippen LogP contribution in [0.1, 0.15) is 39.2 Å². The molecule has 1 atom stereocenters. The Labute approximate surface area is 184 Å². The number of aliphatic hydroxyl groups excluding tert-OH is 1. The van der Waals surface area contributed by atoms with Gasteiger partial charge in [0.2, 0.25) is 5.78 Å². The molecular weight excluding hydrogens is 406 g/mol. The van der Waals surface area contributed by atoms with Crippen LogP contribution in [-0.4, -0.2) is 16.8 Å². The fraction of sp³-hybridized carbons (Fsp3) is 0.154. The van der Waals surface area contributed by atoms with Gasteiger partial charge in [0, 0.05) is 11.1 Å². The second-order valence-electron chi connectivity index (χ2n) is 7.99. The number of anilines is 1. The summed E-state index contributed by atoms with van der Waals surface area (Å²) in [5.74, 6) is -0.737. The third-order valence-corrected chi connectivity index (χ3v) is 5.97. The van der Waals surface area contributed by atoms with Crippen molar-refractivity contribution in [2.24, 2.45) is 0 Å². The van der Waals surface area contributed by atoms with E-state index in [1.165, 1.54) is 4.90 Å². The Morgan fingerprint density at radius 1 is 0.969 bits per heavy atom. The number of benzene rings is 2. The maximum atomic E-state index is 13.6. The highest BCUT2D eigenvalue weighted by Gasteiger charge is 2.47. The largest absolute Gasteiger partial charge is 0.503 e. The number of furan rings is 2. The van der Waals surface area contributed by atoms with Crippen molar-refractivity contribution < 1.29 is 23.5 Å². The van der Waals surface area contributed by atoms with Crippen LogP contribution in [0.2, 0.25) is 0 Å². The number of carbonyl (C=O) groups excluding carboxylic acids is 2. The van der Waals surface area contributed by atoms with Crippen molar-refractivity contribution in [3.63, 3.8) is 0 Å². The van der Waals surface area contributed by atoms with Crippen LogP contribution >= 0.6 is 0 Å². The summed E-state index contributed by atoms with van der Waals surface area (Å²) < 4.78 is 11.6. The van der Waals surface area contributed by atoms with Crippen molar-refractivity contribution >= 4 is 28.3 Å². The zero-order valence-electron chi connectivity index (χ0n) is 17.9. The maximum Gasteiger partial charge on any atom is 0.294 e. The molecule has 1 N–H and O–H groups in total. The van der Waals surface area contributed by atoms with E-state index in [1.54, 1.807) is 37.3 Å². The standard InChI is InChI=1S/C26H21NO5/c1-14-7-6-9-18(16(14)3)27-23(20-12-11-15(2)31-20)22(25(29)26(27)30)24(28)21-13-17-8-4-5-10-19(17)32-21/h4-13,23,29H,1-3H3. The first-order chi connectivity index (χ1) is 15.4. The third-order valence-electron chi connectivity index (χ3n) is 5.97. The SMILES string of the molecule is Cc1ccc(C2C(C(=O)c3cc4ccccc4o3)=C(O)C(=O)N2c2cccc(C)c2C)o1. The summed E-state index contributed by atoms with van der Waals surface area (Å²) in [5, 5.41) is 11.6. The molecule has 0 radical (unpaired) electrons. The molecule has 0 saturated carbocycles. The molecule has 6 nitrogen and oxygen atoms in total. The average molecular weight is 427 g/mol. The molecule has 4 aromatic rings. The van der Waals surface area contributed by atoms with Crippen molar-refractivity contribution in [2.45, 2.75) is 26.8 Å². The molecular formula is C26H21NO5. The van der Waals surface area contributed by atoms with E-state index in [1.807, 2.05) is 44.2 Å². The number of para-hydroxylation sites is 1. The first-order valence-corrected chi connectivity index (χ1v) is 10.3. The fourth-order valence-electron chi connectivity index (χ4n) is 4.18. The lowest BCUT2D eigenvalue weighted by molar-refractivity contribution is -0.117. The van der Waals surface area contributed by atoms with Gasteiger partial charge in [-0.1, -0.05) is 30.3 Å². The van der Waals surface area contributed by atoms with Gasteiger partial charge >= 0.3 is 0 Å². The molecule has 1 unspecified atom stereocenters. The number of aryl methyl sites for hydroxylation is 2. The molecule has 6 heteroatoms. The number of nitrogens with zero attached hydrogens (tertiary/aromatic N) is 1. The second kappa shape index (κ2) is 7.27. The quantitative estimate of drug-likeness (QED) is 0.420. The second-order valence-corrected chi connectivity index (χ2v) is 7.99. The smallest absolute Gasteiger partial charge is 0.294 e. The van der Waals surface area contributed by atoms with E-state index in [-0.39, 0.29) is 11.3 Å². The molecule has 1 aliphatic rings. The van der Waals surface area contributed by atoms with Crippen LogP contribution in [0.15, 0.2) is 80.8 Å². The van der Waals surface area contributed by atoms with Gasteiger partial charge in [0.05, 0.1) is 5.57 Å². The van der Waals surface area contributed by atoms with E-state index >= 15 is 0 Å². The molecule has 3 heterocycles. The number of carbonyl (C=O) groups is 2. The number of amides is 1. The highest BCUT2D eigenvalue weighted by atomic mass is 16.4. The number of rotatable bonds is 4. The number of hydrogen-bond acceptors (Lipinski definition) is 5. The highest BCUT2D eigenvalue weighted by Crippen LogP contribution is 2.44. The lowest BCUT2D eigenvalue weighted by atomic mass is 9.98. The summed E-state index contributed by atoms with van der Waals surface area (Å²) in [6, 6.07) is 17.0. The number of Topliss-reactive ketones (excluding diaryl/α,β-unsaturated/α-hetero) is 1. The first kappa shape index (κ1) is 19.9. The third kappa shape index (κ3) is 2.95. The van der Waals surface area contributed by atoms with Gasteiger partial charge in [0.25, 0.3) is 5.91 Å². The molecule has 160 valence electrons. The van der Waals surface area contributed by atoms with Crippen molar-refractivity contribution in [3.05, 3.63) is 100 Å². The van der Waals surface area contributed by atoms with Crippen molar-refractivity contribution in [3.8, 4) is 0 Å². The summed E-state index contributed by atoms with van der Waals surface area (Å²) in [5.41, 5.74) is 2.95. The van der Waals surface area contributed by atoms with E-state index in [2.05, 4.69) is 0 Å². The van der Waals surface area contributed by atoms with Gasteiger partial charge < -0.3 is 13.9 Å². The van der Waals surface area contributed by atoms with Crippen LogP contribution in [0.3, 0.4) is 0 Å². The van der Waals surface area contributed by atoms with Crippen LogP contribution in [0, 0.1) is 20.8 Å². The summed E-state index contributed by atoms with van der Waals surface area (Å²) >= 11 is 0. The lowest BCUT2D eigenvalue weighted by Crippen LogP contribution is -2.31. The maximum absolute atomic E-state index is 13.6. The number of hydrogen-bond donors (Lipinski definition) is 1. The minimum Gasteiger partial charge on any atom is -0.503 e. The minimum absolute atomic E-state index is 0.0524. The van der Waals surface area contributed by atoms with Crippen LogP contribution in [0.25, 0.3) is 11.0 Å². The first-order valence-electron chi connectivity index (χ1n) is 10.3. The fourth-order valence-corrected chi connectivity index (χ4v) is 4.18. The Kier molecular flexibility index (Phi) is 4.51. The van der Waals surface area contributed by atoms with E-state index < -0.39 is 23.5 Å². The van der Waals surface area contributed by atoms with E-state index in [4.69, 9.17) is 8.83 Å². The number of fused-ring (bicyclic) bond motifs is 1. The Balaban J connectivity index is 1.68. The van der Waals surface area contributed by atoms with Crippen molar-refractivity contribution in [1.82, 2.24) is 0 Å². The van der Waals surface area contributed by atoms with Gasteiger partial charge in [-0.25, -0.2) is 0 Å². The normalized spacial score (nSPS) is 16.4. The predicted octanol–water partition coefficient (Wildman–Crippen LogP) is 5.73. The summed E-state index contributed by atoms with van der Waals surface area (Å²) in [6.45, 7) is 5.63. The number of ketones is 1. The zero-order chi connectivity index (χ0) is 22.6. The zero-order valence-corrected chi connectivity index (χ0v) is 17.9. The Morgan fingerprint density at radius 3 is 2.47 bits per heavy atom. The van der Waals surface area contributed by atoms with Crippen LogP contribution < -0.4 is 4.90 Å². The van der Waals surface area contributed by atoms with Crippen molar-refractivity contribution in [1.29, 1.82) is 0 Å². The van der Waals surface area contributed by atoms with Crippen LogP contribution in [0.4, 0.5) is 5.69 Å². The van der Waals surface area contributed by atoms with E-state index in [9.17, 15) is 14.7 Å². The average Bonchev–Trinajstić information content (AvgIpc) is 3.46. The Bertz CT molecular complexity index is 1390. The van der Waals surface area contributed by atoms with Crippen LogP contribution in [-0.2, 0) is 4.79 Å². The van der Waals surface area contributed by atoms with Gasteiger partial charge in [-0.3, -0.25) is 14.5 Å².